The van der Waals surface area contributed by atoms with Gasteiger partial charge in [0.05, 0.1) is 18.4 Å². The summed E-state index contributed by atoms with van der Waals surface area (Å²) in [5, 5.41) is 10.6. The SMILES string of the molecule is CCNC(=NCc1cc(C(CC)CC)no1)NCCOc1cccnc1. The van der Waals surface area contributed by atoms with Crippen molar-refractivity contribution in [3.63, 3.8) is 0 Å². The summed E-state index contributed by atoms with van der Waals surface area (Å²) in [6, 6.07) is 5.74. The average molecular weight is 359 g/mol. The minimum Gasteiger partial charge on any atom is -0.490 e. The molecule has 0 fully saturated rings. The number of pyridine rings is 1. The predicted molar refractivity (Wildman–Crippen MR) is 102 cm³/mol. The van der Waals surface area contributed by atoms with E-state index in [1.165, 1.54) is 0 Å². The number of hydrogen-bond acceptors (Lipinski definition) is 5. The fraction of sp³-hybridized carbons (Fsp3) is 0.526. The molecule has 0 atom stereocenters. The van der Waals surface area contributed by atoms with Crippen LogP contribution in [0.3, 0.4) is 0 Å². The average Bonchev–Trinajstić information content (AvgIpc) is 3.14. The lowest BCUT2D eigenvalue weighted by molar-refractivity contribution is 0.320. The second kappa shape index (κ2) is 11.1. The molecular weight excluding hydrogens is 330 g/mol. The number of guanidine groups is 1. The Labute approximate surface area is 155 Å². The van der Waals surface area contributed by atoms with Crippen molar-refractivity contribution >= 4 is 5.96 Å². The van der Waals surface area contributed by atoms with Gasteiger partial charge in [-0.2, -0.15) is 0 Å². The zero-order chi connectivity index (χ0) is 18.6. The van der Waals surface area contributed by atoms with Crippen molar-refractivity contribution in [2.75, 3.05) is 19.7 Å². The summed E-state index contributed by atoms with van der Waals surface area (Å²) in [5.41, 5.74) is 1.02. The molecule has 0 radical (unpaired) electrons. The molecule has 0 aromatic carbocycles. The van der Waals surface area contributed by atoms with Gasteiger partial charge in [-0.05, 0) is 31.9 Å². The van der Waals surface area contributed by atoms with Gasteiger partial charge in [0.25, 0.3) is 0 Å². The molecule has 142 valence electrons. The van der Waals surface area contributed by atoms with Gasteiger partial charge in [0.15, 0.2) is 11.7 Å². The van der Waals surface area contributed by atoms with E-state index in [-0.39, 0.29) is 0 Å². The van der Waals surface area contributed by atoms with Crippen molar-refractivity contribution < 1.29 is 9.26 Å². The maximum atomic E-state index is 5.62. The van der Waals surface area contributed by atoms with Crippen LogP contribution >= 0.6 is 0 Å². The minimum absolute atomic E-state index is 0.450. The van der Waals surface area contributed by atoms with Crippen LogP contribution in [-0.2, 0) is 6.54 Å². The van der Waals surface area contributed by atoms with Crippen LogP contribution in [0.4, 0.5) is 0 Å². The highest BCUT2D eigenvalue weighted by Gasteiger charge is 2.12. The Kier molecular flexibility index (Phi) is 8.45. The van der Waals surface area contributed by atoms with Crippen LogP contribution in [0.2, 0.25) is 0 Å². The molecule has 0 aliphatic carbocycles. The molecule has 0 saturated carbocycles. The van der Waals surface area contributed by atoms with Crippen LogP contribution < -0.4 is 15.4 Å². The summed E-state index contributed by atoms with van der Waals surface area (Å²) in [5.74, 6) is 2.71. The Bertz CT molecular complexity index is 653. The van der Waals surface area contributed by atoms with Crippen molar-refractivity contribution in [2.24, 2.45) is 4.99 Å². The Hall–Kier alpha value is -2.57. The lowest BCUT2D eigenvalue weighted by atomic mass is 9.99. The minimum atomic E-state index is 0.450. The molecule has 7 heteroatoms. The highest BCUT2D eigenvalue weighted by atomic mass is 16.5. The van der Waals surface area contributed by atoms with Crippen LogP contribution in [0.1, 0.15) is 51.0 Å². The number of ether oxygens (including phenoxy) is 1. The van der Waals surface area contributed by atoms with E-state index in [0.29, 0.717) is 25.6 Å². The van der Waals surface area contributed by atoms with Gasteiger partial charge in [0, 0.05) is 24.7 Å². The smallest absolute Gasteiger partial charge is 0.191 e. The number of aliphatic imine (C=N–C) groups is 1. The molecule has 0 bridgehead atoms. The zero-order valence-electron chi connectivity index (χ0n) is 15.9. The van der Waals surface area contributed by atoms with E-state index < -0.39 is 0 Å². The van der Waals surface area contributed by atoms with Crippen molar-refractivity contribution in [1.29, 1.82) is 0 Å². The number of rotatable bonds is 10. The molecule has 0 spiro atoms. The highest BCUT2D eigenvalue weighted by Crippen LogP contribution is 2.22. The summed E-state index contributed by atoms with van der Waals surface area (Å²) < 4.78 is 11.0. The van der Waals surface area contributed by atoms with Gasteiger partial charge in [-0.25, -0.2) is 4.99 Å². The van der Waals surface area contributed by atoms with E-state index in [1.54, 1.807) is 12.4 Å². The maximum absolute atomic E-state index is 5.62. The van der Waals surface area contributed by atoms with Crippen LogP contribution in [0.15, 0.2) is 40.1 Å². The molecule has 0 amide bonds. The first kappa shape index (κ1) is 19.8. The standard InChI is InChI=1S/C19H29N5O2/c1-4-15(5-2)18-12-17(26-24-18)14-23-19(21-6-3)22-10-11-25-16-8-7-9-20-13-16/h7-9,12-13,15H,4-6,10-11,14H2,1-3H3,(H2,21,22,23). The van der Waals surface area contributed by atoms with E-state index in [9.17, 15) is 0 Å². The second-order valence-corrected chi connectivity index (χ2v) is 5.89. The third kappa shape index (κ3) is 6.38. The summed E-state index contributed by atoms with van der Waals surface area (Å²) in [7, 11) is 0. The molecule has 2 rings (SSSR count). The fourth-order valence-corrected chi connectivity index (χ4v) is 2.57. The Morgan fingerprint density at radius 1 is 1.27 bits per heavy atom. The van der Waals surface area contributed by atoms with Gasteiger partial charge >= 0.3 is 0 Å². The Balaban J connectivity index is 1.82. The Morgan fingerprint density at radius 2 is 2.12 bits per heavy atom. The van der Waals surface area contributed by atoms with Gasteiger partial charge in [-0.1, -0.05) is 19.0 Å². The maximum Gasteiger partial charge on any atom is 0.191 e. The monoisotopic (exact) mass is 359 g/mol. The quantitative estimate of drug-likeness (QED) is 0.385. The van der Waals surface area contributed by atoms with E-state index >= 15 is 0 Å². The number of nitrogens with zero attached hydrogens (tertiary/aromatic N) is 3. The molecule has 26 heavy (non-hydrogen) atoms. The molecule has 0 unspecified atom stereocenters. The lowest BCUT2D eigenvalue weighted by Crippen LogP contribution is -2.39. The van der Waals surface area contributed by atoms with Crippen molar-refractivity contribution in [2.45, 2.75) is 46.1 Å². The van der Waals surface area contributed by atoms with E-state index in [1.807, 2.05) is 25.1 Å². The van der Waals surface area contributed by atoms with Gasteiger partial charge in [0.2, 0.25) is 0 Å². The van der Waals surface area contributed by atoms with E-state index in [2.05, 4.69) is 39.6 Å². The van der Waals surface area contributed by atoms with Crippen LogP contribution in [0.5, 0.6) is 5.75 Å². The second-order valence-electron chi connectivity index (χ2n) is 5.89. The van der Waals surface area contributed by atoms with Gasteiger partial charge in [-0.15, -0.1) is 0 Å². The van der Waals surface area contributed by atoms with Crippen LogP contribution in [-0.4, -0.2) is 35.8 Å². The molecule has 2 N–H and O–H groups in total. The first-order valence-corrected chi connectivity index (χ1v) is 9.27. The molecule has 7 nitrogen and oxygen atoms in total. The summed E-state index contributed by atoms with van der Waals surface area (Å²) in [6.07, 6.45) is 5.54. The number of hydrogen-bond donors (Lipinski definition) is 2. The predicted octanol–water partition coefficient (Wildman–Crippen LogP) is 3.11. The Morgan fingerprint density at radius 3 is 2.81 bits per heavy atom. The van der Waals surface area contributed by atoms with Crippen molar-refractivity contribution in [3.05, 3.63) is 42.0 Å². The molecule has 0 aliphatic heterocycles. The molecule has 2 aromatic heterocycles. The first-order valence-electron chi connectivity index (χ1n) is 9.27. The lowest BCUT2D eigenvalue weighted by Gasteiger charge is -2.11. The van der Waals surface area contributed by atoms with Gasteiger partial charge in [0.1, 0.15) is 18.9 Å². The number of aromatic nitrogens is 2. The summed E-state index contributed by atoms with van der Waals surface area (Å²) in [4.78, 5) is 8.57. The zero-order valence-corrected chi connectivity index (χ0v) is 15.9. The topological polar surface area (TPSA) is 84.6 Å². The third-order valence-corrected chi connectivity index (χ3v) is 4.02. The van der Waals surface area contributed by atoms with Crippen molar-refractivity contribution in [1.82, 2.24) is 20.8 Å². The molecule has 0 aliphatic rings. The van der Waals surface area contributed by atoms with E-state index in [0.717, 1.165) is 42.5 Å². The van der Waals surface area contributed by atoms with Crippen molar-refractivity contribution in [3.8, 4) is 5.75 Å². The third-order valence-electron chi connectivity index (χ3n) is 4.02. The summed E-state index contributed by atoms with van der Waals surface area (Å²) >= 11 is 0. The first-order chi connectivity index (χ1) is 12.8. The molecule has 0 saturated heterocycles. The van der Waals surface area contributed by atoms with Gasteiger partial charge in [-0.3, -0.25) is 4.98 Å². The molecule has 2 aromatic rings. The van der Waals surface area contributed by atoms with Crippen LogP contribution in [0, 0.1) is 0 Å². The highest BCUT2D eigenvalue weighted by molar-refractivity contribution is 5.79. The van der Waals surface area contributed by atoms with E-state index in [4.69, 9.17) is 9.26 Å². The molecule has 2 heterocycles. The van der Waals surface area contributed by atoms with Crippen LogP contribution in [0.25, 0.3) is 0 Å². The molecular formula is C19H29N5O2. The fourth-order valence-electron chi connectivity index (χ4n) is 2.57. The normalized spacial score (nSPS) is 11.6. The number of nitrogens with one attached hydrogen (secondary N) is 2. The summed E-state index contributed by atoms with van der Waals surface area (Å²) in [6.45, 7) is 8.76. The van der Waals surface area contributed by atoms with Gasteiger partial charge < -0.3 is 19.9 Å². The largest absolute Gasteiger partial charge is 0.490 e.